The summed E-state index contributed by atoms with van der Waals surface area (Å²) in [4.78, 5) is 29.0. The van der Waals surface area contributed by atoms with E-state index in [1.54, 1.807) is 12.1 Å². The summed E-state index contributed by atoms with van der Waals surface area (Å²) in [5, 5.41) is 5.74. The first-order valence-electron chi connectivity index (χ1n) is 8.63. The van der Waals surface area contributed by atoms with Gasteiger partial charge in [-0.2, -0.15) is 0 Å². The second-order valence-corrected chi connectivity index (χ2v) is 6.14. The van der Waals surface area contributed by atoms with Crippen LogP contribution >= 0.6 is 0 Å². The van der Waals surface area contributed by atoms with Gasteiger partial charge in [-0.25, -0.2) is 4.98 Å². The summed E-state index contributed by atoms with van der Waals surface area (Å²) in [5.74, 6) is 0.450. The lowest BCUT2D eigenvalue weighted by Crippen LogP contribution is -2.35. The topological polar surface area (TPSA) is 89.2 Å². The molecule has 3 aromatic rings. The fourth-order valence-electron chi connectivity index (χ4n) is 2.66. The minimum atomic E-state index is -0.322. The van der Waals surface area contributed by atoms with Gasteiger partial charge in [0.2, 0.25) is 5.91 Å². The molecule has 2 N–H and O–H groups in total. The minimum Gasteiger partial charge on any atom is -0.459 e. The lowest BCUT2D eigenvalue weighted by molar-refractivity contribution is -0.122. The SMILES string of the molecule is CCC(C)NC(=O)Cn1c(CNC(=O)c2ccco2)nc2ccccc21. The monoisotopic (exact) mass is 354 g/mol. The Morgan fingerprint density at radius 1 is 1.23 bits per heavy atom. The summed E-state index contributed by atoms with van der Waals surface area (Å²) in [7, 11) is 0. The number of imidazole rings is 1. The van der Waals surface area contributed by atoms with Gasteiger partial charge in [0.1, 0.15) is 12.4 Å². The van der Waals surface area contributed by atoms with Crippen molar-refractivity contribution in [2.75, 3.05) is 0 Å². The number of furan rings is 1. The zero-order valence-corrected chi connectivity index (χ0v) is 14.9. The number of fused-ring (bicyclic) bond motifs is 1. The van der Waals surface area contributed by atoms with Crippen LogP contribution in [0, 0.1) is 0 Å². The quantitative estimate of drug-likeness (QED) is 0.682. The van der Waals surface area contributed by atoms with Gasteiger partial charge in [0.15, 0.2) is 5.76 Å². The van der Waals surface area contributed by atoms with Crippen molar-refractivity contribution in [1.29, 1.82) is 0 Å². The van der Waals surface area contributed by atoms with Gasteiger partial charge in [0, 0.05) is 6.04 Å². The Morgan fingerprint density at radius 3 is 2.77 bits per heavy atom. The molecule has 26 heavy (non-hydrogen) atoms. The molecule has 0 saturated heterocycles. The van der Waals surface area contributed by atoms with Crippen LogP contribution in [0.2, 0.25) is 0 Å². The summed E-state index contributed by atoms with van der Waals surface area (Å²) in [5.41, 5.74) is 1.64. The van der Waals surface area contributed by atoms with Crippen molar-refractivity contribution in [3.8, 4) is 0 Å². The Balaban J connectivity index is 1.80. The fourth-order valence-corrected chi connectivity index (χ4v) is 2.66. The summed E-state index contributed by atoms with van der Waals surface area (Å²) < 4.78 is 6.92. The molecule has 0 radical (unpaired) electrons. The molecule has 2 heterocycles. The second kappa shape index (κ2) is 7.86. The minimum absolute atomic E-state index is 0.0823. The molecule has 136 valence electrons. The molecule has 1 unspecified atom stereocenters. The Kier molecular flexibility index (Phi) is 5.36. The highest BCUT2D eigenvalue weighted by atomic mass is 16.3. The van der Waals surface area contributed by atoms with E-state index in [1.165, 1.54) is 6.26 Å². The molecule has 7 heteroatoms. The molecule has 3 rings (SSSR count). The maximum Gasteiger partial charge on any atom is 0.287 e. The molecule has 0 aliphatic carbocycles. The van der Waals surface area contributed by atoms with Crippen LogP contribution in [0.5, 0.6) is 0 Å². The van der Waals surface area contributed by atoms with Gasteiger partial charge in [-0.1, -0.05) is 19.1 Å². The van der Waals surface area contributed by atoms with Crippen LogP contribution in [-0.4, -0.2) is 27.4 Å². The van der Waals surface area contributed by atoms with Crippen LogP contribution in [0.3, 0.4) is 0 Å². The molecular weight excluding hydrogens is 332 g/mol. The molecule has 0 aliphatic heterocycles. The summed E-state index contributed by atoms with van der Waals surface area (Å²) >= 11 is 0. The van der Waals surface area contributed by atoms with E-state index in [1.807, 2.05) is 42.7 Å². The van der Waals surface area contributed by atoms with E-state index in [9.17, 15) is 9.59 Å². The molecule has 2 aromatic heterocycles. The van der Waals surface area contributed by atoms with E-state index >= 15 is 0 Å². The van der Waals surface area contributed by atoms with Crippen molar-refractivity contribution >= 4 is 22.8 Å². The number of nitrogens with one attached hydrogen (secondary N) is 2. The molecule has 0 spiro atoms. The number of carbonyl (C=O) groups excluding carboxylic acids is 2. The standard InChI is InChI=1S/C19H22N4O3/c1-3-13(2)21-18(24)12-23-15-8-5-4-7-14(15)22-17(23)11-20-19(25)16-9-6-10-26-16/h4-10,13H,3,11-12H2,1-2H3,(H,20,25)(H,21,24). The highest BCUT2D eigenvalue weighted by molar-refractivity contribution is 5.91. The van der Waals surface area contributed by atoms with Gasteiger partial charge in [-0.3, -0.25) is 9.59 Å². The molecular formula is C19H22N4O3. The predicted molar refractivity (Wildman–Crippen MR) is 97.5 cm³/mol. The van der Waals surface area contributed by atoms with Crippen LogP contribution in [0.1, 0.15) is 36.6 Å². The van der Waals surface area contributed by atoms with Crippen molar-refractivity contribution in [3.63, 3.8) is 0 Å². The van der Waals surface area contributed by atoms with Gasteiger partial charge in [-0.05, 0) is 37.6 Å². The Morgan fingerprint density at radius 2 is 2.04 bits per heavy atom. The number of aromatic nitrogens is 2. The zero-order valence-electron chi connectivity index (χ0n) is 14.9. The average molecular weight is 354 g/mol. The third kappa shape index (κ3) is 3.93. The Hall–Kier alpha value is -3.09. The fraction of sp³-hybridized carbons (Fsp3) is 0.316. The number of benzene rings is 1. The number of rotatable bonds is 7. The predicted octanol–water partition coefficient (Wildman–Crippen LogP) is 2.47. The smallest absolute Gasteiger partial charge is 0.287 e. The molecule has 7 nitrogen and oxygen atoms in total. The summed E-state index contributed by atoms with van der Waals surface area (Å²) in [6.07, 6.45) is 2.31. The van der Waals surface area contributed by atoms with Gasteiger partial charge >= 0.3 is 0 Å². The Labute approximate surface area is 151 Å². The first kappa shape index (κ1) is 17.7. The normalized spacial score (nSPS) is 12.1. The molecule has 0 fully saturated rings. The molecule has 0 saturated carbocycles. The lowest BCUT2D eigenvalue weighted by Gasteiger charge is -2.14. The van der Waals surface area contributed by atoms with E-state index in [-0.39, 0.29) is 36.7 Å². The van der Waals surface area contributed by atoms with Crippen LogP contribution < -0.4 is 10.6 Å². The highest BCUT2D eigenvalue weighted by Gasteiger charge is 2.16. The van der Waals surface area contributed by atoms with Crippen LogP contribution in [0.25, 0.3) is 11.0 Å². The molecule has 0 bridgehead atoms. The maximum absolute atomic E-state index is 12.3. The van der Waals surface area contributed by atoms with Gasteiger partial charge in [0.25, 0.3) is 5.91 Å². The Bertz CT molecular complexity index is 899. The largest absolute Gasteiger partial charge is 0.459 e. The van der Waals surface area contributed by atoms with E-state index in [0.717, 1.165) is 17.5 Å². The number of nitrogens with zero attached hydrogens (tertiary/aromatic N) is 2. The number of amides is 2. The maximum atomic E-state index is 12.3. The first-order chi connectivity index (χ1) is 12.6. The molecule has 2 amide bonds. The molecule has 1 aromatic carbocycles. The summed E-state index contributed by atoms with van der Waals surface area (Å²) in [6, 6.07) is 11.0. The van der Waals surface area contributed by atoms with Gasteiger partial charge < -0.3 is 19.6 Å². The third-order valence-electron chi connectivity index (χ3n) is 4.21. The number of para-hydroxylation sites is 2. The number of carbonyl (C=O) groups is 2. The van der Waals surface area contributed by atoms with Crippen LogP contribution in [-0.2, 0) is 17.9 Å². The van der Waals surface area contributed by atoms with E-state index < -0.39 is 0 Å². The van der Waals surface area contributed by atoms with Crippen molar-refractivity contribution < 1.29 is 14.0 Å². The van der Waals surface area contributed by atoms with Crippen molar-refractivity contribution in [2.24, 2.45) is 0 Å². The first-order valence-corrected chi connectivity index (χ1v) is 8.63. The van der Waals surface area contributed by atoms with Crippen molar-refractivity contribution in [2.45, 2.75) is 39.4 Å². The van der Waals surface area contributed by atoms with Crippen molar-refractivity contribution in [3.05, 3.63) is 54.2 Å². The van der Waals surface area contributed by atoms with Gasteiger partial charge in [-0.15, -0.1) is 0 Å². The van der Waals surface area contributed by atoms with E-state index in [0.29, 0.717) is 5.82 Å². The van der Waals surface area contributed by atoms with E-state index in [4.69, 9.17) is 4.42 Å². The zero-order chi connectivity index (χ0) is 18.5. The highest BCUT2D eigenvalue weighted by Crippen LogP contribution is 2.16. The number of hydrogen-bond acceptors (Lipinski definition) is 4. The third-order valence-corrected chi connectivity index (χ3v) is 4.21. The number of hydrogen-bond donors (Lipinski definition) is 2. The second-order valence-electron chi connectivity index (χ2n) is 6.14. The van der Waals surface area contributed by atoms with Crippen LogP contribution in [0.15, 0.2) is 47.1 Å². The van der Waals surface area contributed by atoms with E-state index in [2.05, 4.69) is 15.6 Å². The lowest BCUT2D eigenvalue weighted by atomic mass is 10.2. The average Bonchev–Trinajstić information content (AvgIpc) is 3.28. The van der Waals surface area contributed by atoms with Crippen molar-refractivity contribution in [1.82, 2.24) is 20.2 Å². The molecule has 0 aliphatic rings. The van der Waals surface area contributed by atoms with Crippen LogP contribution in [0.4, 0.5) is 0 Å². The molecule has 1 atom stereocenters. The van der Waals surface area contributed by atoms with Gasteiger partial charge in [0.05, 0.1) is 23.8 Å². The summed E-state index contributed by atoms with van der Waals surface area (Å²) in [6.45, 7) is 4.34.